The van der Waals surface area contributed by atoms with E-state index in [1.165, 1.54) is 5.56 Å². The number of hydrogen-bond acceptors (Lipinski definition) is 2. The Morgan fingerprint density at radius 1 is 1.20 bits per heavy atom. The molecule has 2 nitrogen and oxygen atoms in total. The quantitative estimate of drug-likeness (QED) is 0.883. The summed E-state index contributed by atoms with van der Waals surface area (Å²) in [4.78, 5) is 0. The first-order valence-electron chi connectivity index (χ1n) is 5.21. The molecule has 0 heterocycles. The van der Waals surface area contributed by atoms with Crippen molar-refractivity contribution in [1.29, 1.82) is 0 Å². The summed E-state index contributed by atoms with van der Waals surface area (Å²) in [5.74, 6) is 0. The second-order valence-corrected chi connectivity index (χ2v) is 4.79. The highest BCUT2D eigenvalue weighted by atomic mass is 79.9. The molecule has 0 fully saturated rings. The molecule has 3 heteroatoms. The summed E-state index contributed by atoms with van der Waals surface area (Å²) in [6.45, 7) is 5.88. The third-order valence-corrected chi connectivity index (χ3v) is 3.33. The van der Waals surface area contributed by atoms with Gasteiger partial charge in [0.1, 0.15) is 0 Å². The van der Waals surface area contributed by atoms with Gasteiger partial charge < -0.3 is 10.4 Å². The van der Waals surface area contributed by atoms with Crippen LogP contribution in [0, 0.1) is 0 Å². The Bertz CT molecular complexity index is 314. The van der Waals surface area contributed by atoms with Crippen molar-refractivity contribution in [2.75, 3.05) is 0 Å². The van der Waals surface area contributed by atoms with Crippen LogP contribution in [0.25, 0.3) is 0 Å². The summed E-state index contributed by atoms with van der Waals surface area (Å²) in [6, 6.07) is 8.44. The summed E-state index contributed by atoms with van der Waals surface area (Å²) >= 11 is 3.52. The van der Waals surface area contributed by atoms with Gasteiger partial charge in [0.2, 0.25) is 0 Å². The molecule has 0 aromatic heterocycles. The van der Waals surface area contributed by atoms with Gasteiger partial charge >= 0.3 is 0 Å². The fourth-order valence-electron chi connectivity index (χ4n) is 1.45. The Morgan fingerprint density at radius 2 is 1.80 bits per heavy atom. The number of benzene rings is 1. The minimum atomic E-state index is -0.338. The average Bonchev–Trinajstić information content (AvgIpc) is 2.18. The highest BCUT2D eigenvalue weighted by molar-refractivity contribution is 9.10. The zero-order valence-corrected chi connectivity index (χ0v) is 11.0. The Morgan fingerprint density at radius 3 is 2.33 bits per heavy atom. The molecule has 0 radical (unpaired) electrons. The minimum absolute atomic E-state index is 0.0899. The Kier molecular flexibility index (Phi) is 4.77. The molecule has 0 saturated heterocycles. The molecule has 2 N–H and O–H groups in total. The molecule has 0 bridgehead atoms. The van der Waals surface area contributed by atoms with E-state index in [-0.39, 0.29) is 18.2 Å². The van der Waals surface area contributed by atoms with E-state index in [1.807, 2.05) is 25.1 Å². The predicted octanol–water partition coefficient (Wildman–Crippen LogP) is 2.87. The molecule has 0 spiro atoms. The van der Waals surface area contributed by atoms with E-state index < -0.39 is 0 Å². The summed E-state index contributed by atoms with van der Waals surface area (Å²) in [5.41, 5.74) is 1.21. The topological polar surface area (TPSA) is 32.3 Å². The van der Waals surface area contributed by atoms with Crippen LogP contribution in [0.5, 0.6) is 0 Å². The monoisotopic (exact) mass is 271 g/mol. The van der Waals surface area contributed by atoms with Crippen LogP contribution in [0.1, 0.15) is 32.4 Å². The van der Waals surface area contributed by atoms with Gasteiger partial charge in [0, 0.05) is 16.6 Å². The molecule has 15 heavy (non-hydrogen) atoms. The number of nitrogens with one attached hydrogen (secondary N) is 1. The molecule has 2 unspecified atom stereocenters. The summed E-state index contributed by atoms with van der Waals surface area (Å²) in [5, 5.41) is 12.8. The number of hydrogen-bond donors (Lipinski definition) is 2. The van der Waals surface area contributed by atoms with Crippen molar-refractivity contribution >= 4 is 15.9 Å². The van der Waals surface area contributed by atoms with E-state index in [0.29, 0.717) is 0 Å². The molecule has 84 valence electrons. The molecular formula is C12H18BrNO. The minimum Gasteiger partial charge on any atom is -0.392 e. The fourth-order valence-corrected chi connectivity index (χ4v) is 2.08. The Balaban J connectivity index is 2.69. The summed E-state index contributed by atoms with van der Waals surface area (Å²) < 4.78 is 1.10. The summed E-state index contributed by atoms with van der Waals surface area (Å²) in [6.07, 6.45) is -0.338. The standard InChI is InChI=1S/C12H18BrNO/c1-8(10(3)15)14-9(2)11-6-4-5-7-12(11)13/h4-10,14-15H,1-3H3/t8?,9-,10?/m0/s1. The highest BCUT2D eigenvalue weighted by Gasteiger charge is 2.14. The van der Waals surface area contributed by atoms with Crippen molar-refractivity contribution in [3.8, 4) is 0 Å². The van der Waals surface area contributed by atoms with Crippen LogP contribution in [-0.2, 0) is 0 Å². The number of halogens is 1. The van der Waals surface area contributed by atoms with Crippen LogP contribution in [-0.4, -0.2) is 17.3 Å². The van der Waals surface area contributed by atoms with Crippen molar-refractivity contribution < 1.29 is 5.11 Å². The lowest BCUT2D eigenvalue weighted by molar-refractivity contribution is 0.147. The second kappa shape index (κ2) is 5.64. The Labute approximate surface area is 99.8 Å². The van der Waals surface area contributed by atoms with Crippen molar-refractivity contribution in [3.05, 3.63) is 34.3 Å². The first-order chi connectivity index (χ1) is 7.02. The van der Waals surface area contributed by atoms with E-state index in [9.17, 15) is 5.11 Å². The zero-order valence-electron chi connectivity index (χ0n) is 9.37. The molecule has 1 aromatic carbocycles. The molecule has 3 atom stereocenters. The first-order valence-corrected chi connectivity index (χ1v) is 6.00. The van der Waals surface area contributed by atoms with Crippen LogP contribution in [0.15, 0.2) is 28.7 Å². The molecule has 1 aromatic rings. The third-order valence-electron chi connectivity index (χ3n) is 2.61. The number of rotatable bonds is 4. The molecular weight excluding hydrogens is 254 g/mol. The van der Waals surface area contributed by atoms with E-state index in [2.05, 4.69) is 34.2 Å². The van der Waals surface area contributed by atoms with Crippen LogP contribution in [0.4, 0.5) is 0 Å². The van der Waals surface area contributed by atoms with E-state index in [1.54, 1.807) is 6.92 Å². The van der Waals surface area contributed by atoms with Gasteiger partial charge in [0.25, 0.3) is 0 Å². The molecule has 0 aliphatic carbocycles. The normalized spacial score (nSPS) is 17.1. The van der Waals surface area contributed by atoms with E-state index in [0.717, 1.165) is 4.47 Å². The van der Waals surface area contributed by atoms with Gasteiger partial charge in [-0.05, 0) is 32.4 Å². The maximum absolute atomic E-state index is 9.41. The molecule has 0 aliphatic rings. The van der Waals surface area contributed by atoms with Crippen LogP contribution in [0.2, 0.25) is 0 Å². The molecule has 0 saturated carbocycles. The van der Waals surface area contributed by atoms with Crippen molar-refractivity contribution in [2.45, 2.75) is 39.0 Å². The lowest BCUT2D eigenvalue weighted by atomic mass is 10.1. The van der Waals surface area contributed by atoms with Crippen molar-refractivity contribution in [3.63, 3.8) is 0 Å². The lowest BCUT2D eigenvalue weighted by Gasteiger charge is -2.23. The van der Waals surface area contributed by atoms with E-state index >= 15 is 0 Å². The van der Waals surface area contributed by atoms with Gasteiger partial charge in [-0.25, -0.2) is 0 Å². The smallest absolute Gasteiger partial charge is 0.0662 e. The molecule has 0 aliphatic heterocycles. The maximum Gasteiger partial charge on any atom is 0.0662 e. The van der Waals surface area contributed by atoms with Gasteiger partial charge in [-0.2, -0.15) is 0 Å². The van der Waals surface area contributed by atoms with Gasteiger partial charge in [-0.15, -0.1) is 0 Å². The van der Waals surface area contributed by atoms with Crippen LogP contribution < -0.4 is 5.32 Å². The van der Waals surface area contributed by atoms with Gasteiger partial charge in [0.15, 0.2) is 0 Å². The van der Waals surface area contributed by atoms with E-state index in [4.69, 9.17) is 0 Å². The number of aliphatic hydroxyl groups is 1. The molecule has 0 amide bonds. The van der Waals surface area contributed by atoms with Crippen molar-refractivity contribution in [1.82, 2.24) is 5.32 Å². The maximum atomic E-state index is 9.41. The summed E-state index contributed by atoms with van der Waals surface area (Å²) in [7, 11) is 0. The second-order valence-electron chi connectivity index (χ2n) is 3.94. The van der Waals surface area contributed by atoms with Gasteiger partial charge in [-0.1, -0.05) is 34.1 Å². The van der Waals surface area contributed by atoms with Crippen LogP contribution in [0.3, 0.4) is 0 Å². The predicted molar refractivity (Wildman–Crippen MR) is 66.8 cm³/mol. The highest BCUT2D eigenvalue weighted by Crippen LogP contribution is 2.23. The van der Waals surface area contributed by atoms with Crippen molar-refractivity contribution in [2.24, 2.45) is 0 Å². The largest absolute Gasteiger partial charge is 0.392 e. The van der Waals surface area contributed by atoms with Crippen LogP contribution >= 0.6 is 15.9 Å². The van der Waals surface area contributed by atoms with Gasteiger partial charge in [0.05, 0.1) is 6.10 Å². The Hall–Kier alpha value is -0.380. The fraction of sp³-hybridized carbons (Fsp3) is 0.500. The molecule has 1 rings (SSSR count). The lowest BCUT2D eigenvalue weighted by Crippen LogP contribution is -2.37. The third kappa shape index (κ3) is 3.59. The van der Waals surface area contributed by atoms with Gasteiger partial charge in [-0.3, -0.25) is 0 Å². The first kappa shape index (κ1) is 12.7. The zero-order chi connectivity index (χ0) is 11.4. The average molecular weight is 272 g/mol. The number of aliphatic hydroxyl groups excluding tert-OH is 1. The SMILES string of the molecule is CC(O)C(C)N[C@@H](C)c1ccccc1Br.